The third-order valence-corrected chi connectivity index (χ3v) is 7.55. The zero-order valence-electron chi connectivity index (χ0n) is 22.1. The van der Waals surface area contributed by atoms with E-state index in [9.17, 15) is 22.8 Å². The van der Waals surface area contributed by atoms with Gasteiger partial charge in [-0.2, -0.15) is 18.2 Å². The molecule has 1 aliphatic rings. The monoisotopic (exact) mass is 577 g/mol. The van der Waals surface area contributed by atoms with Gasteiger partial charge in [-0.15, -0.1) is 0 Å². The highest BCUT2D eigenvalue weighted by Gasteiger charge is 2.38. The second-order valence-electron chi connectivity index (χ2n) is 8.46. The number of methoxy groups -OCH3 is 1. The summed E-state index contributed by atoms with van der Waals surface area (Å²) in [4.78, 5) is 33.8. The van der Waals surface area contributed by atoms with Crippen LogP contribution in [-0.4, -0.2) is 54.1 Å². The molecule has 4 rings (SSSR count). The summed E-state index contributed by atoms with van der Waals surface area (Å²) in [5.41, 5.74) is 0.208. The van der Waals surface area contributed by atoms with Crippen molar-refractivity contribution >= 4 is 43.3 Å². The maximum atomic E-state index is 13.9. The normalized spacial score (nSPS) is 13.2. The summed E-state index contributed by atoms with van der Waals surface area (Å²) >= 11 is 0. The molecule has 0 aliphatic carbocycles. The Hall–Kier alpha value is -3.80. The van der Waals surface area contributed by atoms with Gasteiger partial charge in [0, 0.05) is 19.4 Å². The summed E-state index contributed by atoms with van der Waals surface area (Å²) < 4.78 is 58.4. The van der Waals surface area contributed by atoms with E-state index in [4.69, 9.17) is 13.8 Å². The van der Waals surface area contributed by atoms with Gasteiger partial charge in [0.2, 0.25) is 5.95 Å². The number of amides is 2. The number of carbonyl (C=O) groups is 2. The minimum atomic E-state index is -4.80. The molecular formula is C26H27F3N5O5P. The predicted molar refractivity (Wildman–Crippen MR) is 143 cm³/mol. The van der Waals surface area contributed by atoms with Gasteiger partial charge >= 0.3 is 6.18 Å². The van der Waals surface area contributed by atoms with Crippen LogP contribution in [0.4, 0.5) is 36.3 Å². The van der Waals surface area contributed by atoms with E-state index in [0.29, 0.717) is 37.0 Å². The number of halogens is 3. The SMILES string of the molecule is CCOP(Cc1ccc(Nc2ncc(C(F)(F)F)c(Nc3cccc4c3C(=O)N(C)C4=O)n2)c(OC)c1)OCC. The van der Waals surface area contributed by atoms with Crippen LogP contribution in [-0.2, 0) is 21.4 Å². The van der Waals surface area contributed by atoms with E-state index < -0.39 is 37.7 Å². The average molecular weight is 578 g/mol. The van der Waals surface area contributed by atoms with Gasteiger partial charge in [0.25, 0.3) is 11.8 Å². The molecule has 1 aliphatic heterocycles. The highest BCUT2D eigenvalue weighted by Crippen LogP contribution is 2.43. The Balaban J connectivity index is 1.65. The van der Waals surface area contributed by atoms with E-state index in [1.807, 2.05) is 19.9 Å². The Morgan fingerprint density at radius 1 is 1.00 bits per heavy atom. The number of rotatable bonds is 11. The molecule has 0 radical (unpaired) electrons. The van der Waals surface area contributed by atoms with Gasteiger partial charge < -0.3 is 24.4 Å². The van der Waals surface area contributed by atoms with Crippen LogP contribution in [0.5, 0.6) is 5.75 Å². The fourth-order valence-corrected chi connectivity index (χ4v) is 5.33. The van der Waals surface area contributed by atoms with Crippen LogP contribution in [0, 0.1) is 0 Å². The highest BCUT2D eigenvalue weighted by molar-refractivity contribution is 7.46. The lowest BCUT2D eigenvalue weighted by atomic mass is 10.1. The molecule has 0 unspecified atom stereocenters. The number of fused-ring (bicyclic) bond motifs is 1. The summed E-state index contributed by atoms with van der Waals surface area (Å²) in [5.74, 6) is -1.52. The highest BCUT2D eigenvalue weighted by atomic mass is 31.2. The van der Waals surface area contributed by atoms with Crippen molar-refractivity contribution in [3.05, 3.63) is 64.8 Å². The first-order valence-corrected chi connectivity index (χ1v) is 13.6. The Labute approximate surface area is 229 Å². The summed E-state index contributed by atoms with van der Waals surface area (Å²) in [7, 11) is 1.63. The van der Waals surface area contributed by atoms with Crippen LogP contribution < -0.4 is 15.4 Å². The third-order valence-electron chi connectivity index (χ3n) is 5.84. The second kappa shape index (κ2) is 12.2. The molecule has 2 N–H and O–H groups in total. The number of carbonyl (C=O) groups excluding carboxylic acids is 2. The Bertz CT molecular complexity index is 1420. The van der Waals surface area contributed by atoms with Crippen LogP contribution in [0.1, 0.15) is 45.7 Å². The topological polar surface area (TPSA) is 115 Å². The van der Waals surface area contributed by atoms with E-state index in [1.165, 1.54) is 32.4 Å². The number of benzene rings is 2. The van der Waals surface area contributed by atoms with Crippen molar-refractivity contribution in [1.29, 1.82) is 0 Å². The standard InChI is InChI=1S/C26H27F3N5O5P/c1-5-38-40(39-6-2)14-15-10-11-18(20(12-15)37-4)32-25-30-13-17(26(27,28)29)22(33-25)31-19-9-7-8-16-21(19)24(36)34(3)23(16)35/h7-13H,5-6,14H2,1-4H3,(H2,30,31,32,33). The maximum Gasteiger partial charge on any atom is 0.421 e. The van der Waals surface area contributed by atoms with E-state index in [2.05, 4.69) is 20.6 Å². The number of hydrogen-bond donors (Lipinski definition) is 2. The number of nitrogens with zero attached hydrogens (tertiary/aromatic N) is 3. The maximum absolute atomic E-state index is 13.9. The predicted octanol–water partition coefficient (Wildman–Crippen LogP) is 6.10. The van der Waals surface area contributed by atoms with Crippen LogP contribution in [0.25, 0.3) is 0 Å². The molecule has 2 amide bonds. The molecule has 0 atom stereocenters. The lowest BCUT2D eigenvalue weighted by molar-refractivity contribution is -0.137. The van der Waals surface area contributed by atoms with Crippen LogP contribution >= 0.6 is 8.38 Å². The summed E-state index contributed by atoms with van der Waals surface area (Å²) in [6.07, 6.45) is -3.64. The molecule has 14 heteroatoms. The molecule has 212 valence electrons. The zero-order valence-corrected chi connectivity index (χ0v) is 23.0. The molecule has 0 spiro atoms. The Morgan fingerprint density at radius 2 is 1.73 bits per heavy atom. The van der Waals surface area contributed by atoms with Crippen molar-refractivity contribution in [2.24, 2.45) is 0 Å². The number of imide groups is 1. The molecule has 0 saturated carbocycles. The number of hydrogen-bond acceptors (Lipinski definition) is 9. The van der Waals surface area contributed by atoms with E-state index in [-0.39, 0.29) is 22.8 Å². The summed E-state index contributed by atoms with van der Waals surface area (Å²) in [6.45, 7) is 4.79. The molecule has 1 aromatic heterocycles. The Kier molecular flexibility index (Phi) is 8.87. The summed E-state index contributed by atoms with van der Waals surface area (Å²) in [6, 6.07) is 9.58. The molecule has 2 heterocycles. The van der Waals surface area contributed by atoms with Crippen molar-refractivity contribution < 1.29 is 36.5 Å². The van der Waals surface area contributed by atoms with Gasteiger partial charge in [0.15, 0.2) is 8.38 Å². The molecular weight excluding hydrogens is 550 g/mol. The van der Waals surface area contributed by atoms with Crippen LogP contribution in [0.3, 0.4) is 0 Å². The van der Waals surface area contributed by atoms with Crippen molar-refractivity contribution in [3.63, 3.8) is 0 Å². The largest absolute Gasteiger partial charge is 0.495 e. The molecule has 2 aromatic carbocycles. The van der Waals surface area contributed by atoms with Crippen molar-refractivity contribution in [3.8, 4) is 5.75 Å². The molecule has 0 saturated heterocycles. The number of aromatic nitrogens is 2. The minimum Gasteiger partial charge on any atom is -0.495 e. The lowest BCUT2D eigenvalue weighted by Crippen LogP contribution is -2.24. The molecule has 3 aromatic rings. The average Bonchev–Trinajstić information content (AvgIpc) is 3.13. The van der Waals surface area contributed by atoms with Crippen LogP contribution in [0.2, 0.25) is 0 Å². The van der Waals surface area contributed by atoms with Gasteiger partial charge in [-0.05, 0) is 43.7 Å². The number of alkyl halides is 3. The second-order valence-corrected chi connectivity index (χ2v) is 9.96. The first kappa shape index (κ1) is 29.2. The van der Waals surface area contributed by atoms with Gasteiger partial charge in [0.1, 0.15) is 17.1 Å². The Morgan fingerprint density at radius 3 is 2.38 bits per heavy atom. The van der Waals surface area contributed by atoms with E-state index >= 15 is 0 Å². The van der Waals surface area contributed by atoms with E-state index in [1.54, 1.807) is 12.1 Å². The van der Waals surface area contributed by atoms with Gasteiger partial charge in [-0.25, -0.2) is 4.98 Å². The molecule has 40 heavy (non-hydrogen) atoms. The first-order valence-electron chi connectivity index (χ1n) is 12.2. The smallest absolute Gasteiger partial charge is 0.421 e. The molecule has 10 nitrogen and oxygen atoms in total. The fraction of sp³-hybridized carbons (Fsp3) is 0.308. The zero-order chi connectivity index (χ0) is 29.0. The van der Waals surface area contributed by atoms with Crippen molar-refractivity contribution in [1.82, 2.24) is 14.9 Å². The van der Waals surface area contributed by atoms with Gasteiger partial charge in [-0.3, -0.25) is 14.5 Å². The number of anilines is 4. The van der Waals surface area contributed by atoms with E-state index in [0.717, 1.165) is 10.5 Å². The summed E-state index contributed by atoms with van der Waals surface area (Å²) in [5, 5.41) is 5.49. The minimum absolute atomic E-state index is 0.0115. The van der Waals surface area contributed by atoms with Crippen molar-refractivity contribution in [2.75, 3.05) is 38.0 Å². The van der Waals surface area contributed by atoms with Gasteiger partial charge in [-0.1, -0.05) is 12.1 Å². The fourth-order valence-electron chi connectivity index (χ4n) is 4.00. The third kappa shape index (κ3) is 6.16. The quantitative estimate of drug-likeness (QED) is 0.206. The van der Waals surface area contributed by atoms with Gasteiger partial charge in [0.05, 0.1) is 42.8 Å². The first-order chi connectivity index (χ1) is 19.1. The molecule has 0 fully saturated rings. The van der Waals surface area contributed by atoms with Crippen molar-refractivity contribution in [2.45, 2.75) is 26.2 Å². The number of ether oxygens (including phenoxy) is 1. The molecule has 0 bridgehead atoms. The lowest BCUT2D eigenvalue weighted by Gasteiger charge is -2.18. The number of nitrogens with one attached hydrogen (secondary N) is 2. The van der Waals surface area contributed by atoms with Crippen LogP contribution in [0.15, 0.2) is 42.6 Å².